The molecule has 0 aliphatic heterocycles. The predicted molar refractivity (Wildman–Crippen MR) is 62.3 cm³/mol. The van der Waals surface area contributed by atoms with Gasteiger partial charge in [-0.25, -0.2) is 0 Å². The zero-order chi connectivity index (χ0) is 10.9. The molecule has 0 saturated carbocycles. The Morgan fingerprint density at radius 3 is 2.07 bits per heavy atom. The van der Waals surface area contributed by atoms with Gasteiger partial charge in [-0.05, 0) is 31.4 Å². The van der Waals surface area contributed by atoms with Gasteiger partial charge in [0.25, 0.3) is 0 Å². The average molecular weight is 196 g/mol. The first kappa shape index (κ1) is 13.5. The summed E-state index contributed by atoms with van der Waals surface area (Å²) in [5, 5.41) is 10.2. The van der Waals surface area contributed by atoms with E-state index in [0.29, 0.717) is 0 Å². The number of aliphatic hydroxyl groups is 1. The zero-order valence-corrected chi connectivity index (χ0v) is 9.84. The molecule has 0 aliphatic carbocycles. The minimum atomic E-state index is -0.488. The maximum atomic E-state index is 10.2. The molecule has 0 rings (SSSR count). The largest absolute Gasteiger partial charge is 0.390 e. The van der Waals surface area contributed by atoms with Gasteiger partial charge in [0.05, 0.1) is 5.60 Å². The van der Waals surface area contributed by atoms with Crippen molar-refractivity contribution in [2.45, 2.75) is 64.9 Å². The molecule has 0 atom stereocenters. The van der Waals surface area contributed by atoms with Gasteiger partial charge in [-0.2, -0.15) is 0 Å². The van der Waals surface area contributed by atoms with Crippen molar-refractivity contribution in [2.24, 2.45) is 0 Å². The van der Waals surface area contributed by atoms with E-state index < -0.39 is 5.60 Å². The SMILES string of the molecule is CCC=C=CCC(O)(CCC)CCC. The lowest BCUT2D eigenvalue weighted by molar-refractivity contribution is 0.0243. The van der Waals surface area contributed by atoms with Crippen LogP contribution in [0.25, 0.3) is 0 Å². The minimum Gasteiger partial charge on any atom is -0.390 e. The maximum Gasteiger partial charge on any atom is 0.0688 e. The molecule has 0 spiro atoms. The fraction of sp³-hybridized carbons (Fsp3) is 0.769. The Bertz CT molecular complexity index is 181. The first-order chi connectivity index (χ1) is 6.68. The van der Waals surface area contributed by atoms with Crippen molar-refractivity contribution >= 4 is 0 Å². The molecular weight excluding hydrogens is 172 g/mol. The standard InChI is InChI=1S/C13H24O/c1-4-7-8-9-12-13(14,10-5-2)11-6-3/h7,9,14H,4-6,10-12H2,1-3H3. The van der Waals surface area contributed by atoms with Crippen molar-refractivity contribution < 1.29 is 5.11 Å². The third-order valence-corrected chi connectivity index (χ3v) is 2.35. The summed E-state index contributed by atoms with van der Waals surface area (Å²) in [5.41, 5.74) is 2.61. The van der Waals surface area contributed by atoms with Crippen LogP contribution in [0.5, 0.6) is 0 Å². The van der Waals surface area contributed by atoms with Gasteiger partial charge in [0.2, 0.25) is 0 Å². The molecule has 82 valence electrons. The summed E-state index contributed by atoms with van der Waals surface area (Å²) in [6, 6.07) is 0. The summed E-state index contributed by atoms with van der Waals surface area (Å²) in [7, 11) is 0. The van der Waals surface area contributed by atoms with Crippen molar-refractivity contribution in [3.8, 4) is 0 Å². The molecule has 0 radical (unpaired) electrons. The Hall–Kier alpha value is -0.520. The van der Waals surface area contributed by atoms with E-state index in [9.17, 15) is 5.11 Å². The van der Waals surface area contributed by atoms with Crippen LogP contribution in [0, 0.1) is 0 Å². The van der Waals surface area contributed by atoms with E-state index >= 15 is 0 Å². The highest BCUT2D eigenvalue weighted by molar-refractivity contribution is 4.91. The fourth-order valence-corrected chi connectivity index (χ4v) is 1.71. The highest BCUT2D eigenvalue weighted by Gasteiger charge is 2.22. The first-order valence-electron chi connectivity index (χ1n) is 5.80. The zero-order valence-electron chi connectivity index (χ0n) is 9.84. The molecule has 0 amide bonds. The molecule has 0 aromatic rings. The van der Waals surface area contributed by atoms with Gasteiger partial charge in [-0.15, -0.1) is 5.73 Å². The van der Waals surface area contributed by atoms with Crippen LogP contribution in [-0.4, -0.2) is 10.7 Å². The molecule has 0 fully saturated rings. The fourth-order valence-electron chi connectivity index (χ4n) is 1.71. The van der Waals surface area contributed by atoms with E-state index in [1.165, 1.54) is 0 Å². The van der Waals surface area contributed by atoms with E-state index in [1.807, 2.05) is 12.2 Å². The lowest BCUT2D eigenvalue weighted by atomic mass is 9.89. The van der Waals surface area contributed by atoms with Crippen LogP contribution in [-0.2, 0) is 0 Å². The molecule has 0 heterocycles. The molecular formula is C13H24O. The quantitative estimate of drug-likeness (QED) is 0.614. The Balaban J connectivity index is 4.14. The normalized spacial score (nSPS) is 10.9. The van der Waals surface area contributed by atoms with Crippen LogP contribution in [0.1, 0.15) is 59.3 Å². The second-order valence-corrected chi connectivity index (χ2v) is 3.91. The van der Waals surface area contributed by atoms with E-state index in [1.54, 1.807) is 0 Å². The molecule has 14 heavy (non-hydrogen) atoms. The smallest absolute Gasteiger partial charge is 0.0688 e. The third-order valence-electron chi connectivity index (χ3n) is 2.35. The van der Waals surface area contributed by atoms with Gasteiger partial charge in [-0.3, -0.25) is 0 Å². The van der Waals surface area contributed by atoms with Crippen LogP contribution >= 0.6 is 0 Å². The van der Waals surface area contributed by atoms with E-state index in [-0.39, 0.29) is 0 Å². The van der Waals surface area contributed by atoms with Crippen LogP contribution in [0.3, 0.4) is 0 Å². The minimum absolute atomic E-state index is 0.488. The van der Waals surface area contributed by atoms with Gasteiger partial charge in [0.1, 0.15) is 0 Å². The third kappa shape index (κ3) is 6.01. The highest BCUT2D eigenvalue weighted by atomic mass is 16.3. The van der Waals surface area contributed by atoms with Crippen molar-refractivity contribution in [1.29, 1.82) is 0 Å². The summed E-state index contributed by atoms with van der Waals surface area (Å²) in [6.45, 7) is 6.32. The van der Waals surface area contributed by atoms with Gasteiger partial charge < -0.3 is 5.11 Å². The van der Waals surface area contributed by atoms with Crippen molar-refractivity contribution in [3.63, 3.8) is 0 Å². The van der Waals surface area contributed by atoms with Gasteiger partial charge in [0, 0.05) is 6.42 Å². The number of hydrogen-bond donors (Lipinski definition) is 1. The lowest BCUT2D eigenvalue weighted by Gasteiger charge is -2.25. The summed E-state index contributed by atoms with van der Waals surface area (Å²) in [4.78, 5) is 0. The van der Waals surface area contributed by atoms with E-state index in [4.69, 9.17) is 0 Å². The Kier molecular flexibility index (Phi) is 7.55. The molecule has 0 aromatic heterocycles. The number of rotatable bonds is 7. The Labute approximate surface area is 88.5 Å². The lowest BCUT2D eigenvalue weighted by Crippen LogP contribution is -2.27. The van der Waals surface area contributed by atoms with Crippen molar-refractivity contribution in [2.75, 3.05) is 0 Å². The van der Waals surface area contributed by atoms with E-state index in [0.717, 1.165) is 38.5 Å². The predicted octanol–water partition coefficient (Wildman–Crippen LogP) is 3.83. The van der Waals surface area contributed by atoms with Crippen molar-refractivity contribution in [1.82, 2.24) is 0 Å². The Morgan fingerprint density at radius 1 is 1.07 bits per heavy atom. The summed E-state index contributed by atoms with van der Waals surface area (Å²) < 4.78 is 0. The van der Waals surface area contributed by atoms with Crippen LogP contribution in [0.15, 0.2) is 17.9 Å². The van der Waals surface area contributed by atoms with Crippen molar-refractivity contribution in [3.05, 3.63) is 17.9 Å². The monoisotopic (exact) mass is 196 g/mol. The number of hydrogen-bond acceptors (Lipinski definition) is 1. The Morgan fingerprint density at radius 2 is 1.64 bits per heavy atom. The van der Waals surface area contributed by atoms with Crippen LogP contribution in [0.2, 0.25) is 0 Å². The first-order valence-corrected chi connectivity index (χ1v) is 5.80. The summed E-state index contributed by atoms with van der Waals surface area (Å²) >= 11 is 0. The molecule has 1 nitrogen and oxygen atoms in total. The summed E-state index contributed by atoms with van der Waals surface area (Å²) in [6.07, 6.45) is 9.59. The second-order valence-electron chi connectivity index (χ2n) is 3.91. The van der Waals surface area contributed by atoms with Crippen LogP contribution in [0.4, 0.5) is 0 Å². The summed E-state index contributed by atoms with van der Waals surface area (Å²) in [5.74, 6) is 0. The highest BCUT2D eigenvalue weighted by Crippen LogP contribution is 2.23. The molecule has 1 heteroatoms. The molecule has 0 saturated heterocycles. The van der Waals surface area contributed by atoms with Gasteiger partial charge >= 0.3 is 0 Å². The second kappa shape index (κ2) is 7.84. The van der Waals surface area contributed by atoms with Crippen LogP contribution < -0.4 is 0 Å². The molecule has 0 unspecified atom stereocenters. The van der Waals surface area contributed by atoms with Gasteiger partial charge in [0.15, 0.2) is 0 Å². The van der Waals surface area contributed by atoms with E-state index in [2.05, 4.69) is 26.5 Å². The molecule has 0 aromatic carbocycles. The molecule has 0 bridgehead atoms. The van der Waals surface area contributed by atoms with Gasteiger partial charge in [-0.1, -0.05) is 33.6 Å². The topological polar surface area (TPSA) is 20.2 Å². The maximum absolute atomic E-state index is 10.2. The average Bonchev–Trinajstić information content (AvgIpc) is 2.13. The molecule has 1 N–H and O–H groups in total. The molecule has 0 aliphatic rings.